The largest absolute Gasteiger partial charge is 0.424 e. The monoisotopic (exact) mass is 317 g/mol. The Kier molecular flexibility index (Phi) is 2.97. The summed E-state index contributed by atoms with van der Waals surface area (Å²) in [6, 6.07) is 2.02. The summed E-state index contributed by atoms with van der Waals surface area (Å²) in [6.45, 7) is 2.90. The van der Waals surface area contributed by atoms with Gasteiger partial charge in [-0.05, 0) is 20.0 Å². The first-order chi connectivity index (χ1) is 10.6. The quantitative estimate of drug-likeness (QED) is 0.757. The Bertz CT molecular complexity index is 897. The summed E-state index contributed by atoms with van der Waals surface area (Å²) in [5.41, 5.74) is 1.13. The van der Waals surface area contributed by atoms with Gasteiger partial charge < -0.3 is 14.5 Å². The van der Waals surface area contributed by atoms with Gasteiger partial charge in [0.15, 0.2) is 0 Å². The maximum Gasteiger partial charge on any atom is 0.354 e. The minimum atomic E-state index is -0.487. The van der Waals surface area contributed by atoms with Crippen molar-refractivity contribution in [3.63, 3.8) is 0 Å². The number of aromatic amines is 1. The van der Waals surface area contributed by atoms with E-state index in [1.807, 2.05) is 26.2 Å². The zero-order valence-corrected chi connectivity index (χ0v) is 13.0. The van der Waals surface area contributed by atoms with Crippen molar-refractivity contribution in [3.8, 4) is 10.4 Å². The number of nitrogens with zero attached hydrogens (tertiary/aromatic N) is 1. The van der Waals surface area contributed by atoms with E-state index < -0.39 is 5.54 Å². The number of ether oxygens (including phenoxy) is 1. The molecule has 7 heteroatoms. The maximum absolute atomic E-state index is 12.4. The fourth-order valence-corrected chi connectivity index (χ4v) is 3.86. The van der Waals surface area contributed by atoms with Crippen LogP contribution < -0.4 is 10.9 Å². The molecule has 6 nitrogen and oxygen atoms in total. The number of fused-ring (bicyclic) bond motifs is 3. The SMILES string of the molecule is CNC1(C)COCc2c1oc(=O)c1sc(-c3cn[nH]c3)cc21. The van der Waals surface area contributed by atoms with E-state index in [1.165, 1.54) is 11.3 Å². The highest BCUT2D eigenvalue weighted by atomic mass is 32.1. The molecule has 0 fully saturated rings. The Hall–Kier alpha value is -1.96. The van der Waals surface area contributed by atoms with Crippen molar-refractivity contribution in [2.24, 2.45) is 0 Å². The van der Waals surface area contributed by atoms with Gasteiger partial charge in [0.05, 0.1) is 24.9 Å². The molecule has 0 bridgehead atoms. The molecule has 1 atom stereocenters. The van der Waals surface area contributed by atoms with Crippen LogP contribution in [0.1, 0.15) is 18.2 Å². The average Bonchev–Trinajstić information content (AvgIpc) is 3.17. The summed E-state index contributed by atoms with van der Waals surface area (Å²) < 4.78 is 12.0. The molecular weight excluding hydrogens is 302 g/mol. The molecule has 3 aromatic rings. The van der Waals surface area contributed by atoms with E-state index in [0.717, 1.165) is 21.4 Å². The highest BCUT2D eigenvalue weighted by Crippen LogP contribution is 2.38. The van der Waals surface area contributed by atoms with Crippen molar-refractivity contribution in [1.29, 1.82) is 0 Å². The van der Waals surface area contributed by atoms with Gasteiger partial charge in [-0.15, -0.1) is 11.3 Å². The summed E-state index contributed by atoms with van der Waals surface area (Å²) in [5, 5.41) is 10.9. The van der Waals surface area contributed by atoms with Crippen molar-refractivity contribution < 1.29 is 9.15 Å². The van der Waals surface area contributed by atoms with E-state index >= 15 is 0 Å². The zero-order chi connectivity index (χ0) is 15.3. The average molecular weight is 317 g/mol. The van der Waals surface area contributed by atoms with Crippen LogP contribution in [-0.2, 0) is 16.9 Å². The van der Waals surface area contributed by atoms with Gasteiger partial charge in [0.1, 0.15) is 10.5 Å². The Balaban J connectivity index is 2.01. The molecule has 2 N–H and O–H groups in total. The third-order valence-corrected chi connectivity index (χ3v) is 5.35. The van der Waals surface area contributed by atoms with Gasteiger partial charge in [-0.25, -0.2) is 4.79 Å². The van der Waals surface area contributed by atoms with Crippen LogP contribution in [-0.4, -0.2) is 23.9 Å². The van der Waals surface area contributed by atoms with Crippen LogP contribution in [0.2, 0.25) is 0 Å². The molecule has 4 rings (SSSR count). The third-order valence-electron chi connectivity index (χ3n) is 4.18. The van der Waals surface area contributed by atoms with Crippen LogP contribution in [0.25, 0.3) is 20.5 Å². The highest BCUT2D eigenvalue weighted by molar-refractivity contribution is 7.22. The zero-order valence-electron chi connectivity index (χ0n) is 12.2. The van der Waals surface area contributed by atoms with Crippen molar-refractivity contribution in [3.05, 3.63) is 40.2 Å². The van der Waals surface area contributed by atoms with Gasteiger partial charge in [-0.3, -0.25) is 5.10 Å². The lowest BCUT2D eigenvalue weighted by molar-refractivity contribution is 0.0321. The summed E-state index contributed by atoms with van der Waals surface area (Å²) >= 11 is 1.42. The minimum Gasteiger partial charge on any atom is -0.424 e. The van der Waals surface area contributed by atoms with E-state index in [-0.39, 0.29) is 5.63 Å². The van der Waals surface area contributed by atoms with Crippen LogP contribution in [0, 0.1) is 0 Å². The second kappa shape index (κ2) is 4.77. The standard InChI is InChI=1S/C15H15N3O3S/c1-15(16-2)7-20-6-10-9-3-11(8-4-17-18-5-8)22-12(9)14(19)21-13(10)15/h3-5,16H,6-7H2,1-2H3,(H,17,18). The first-order valence-electron chi connectivity index (χ1n) is 6.98. The van der Waals surface area contributed by atoms with Gasteiger partial charge in [0.25, 0.3) is 0 Å². The molecule has 0 spiro atoms. The smallest absolute Gasteiger partial charge is 0.354 e. The van der Waals surface area contributed by atoms with Crippen LogP contribution in [0.3, 0.4) is 0 Å². The van der Waals surface area contributed by atoms with E-state index in [4.69, 9.17) is 9.15 Å². The lowest BCUT2D eigenvalue weighted by Crippen LogP contribution is -2.45. The van der Waals surface area contributed by atoms with E-state index in [2.05, 4.69) is 15.5 Å². The summed E-state index contributed by atoms with van der Waals surface area (Å²) in [6.07, 6.45) is 3.56. The molecule has 0 aliphatic carbocycles. The molecule has 1 aliphatic heterocycles. The van der Waals surface area contributed by atoms with Crippen LogP contribution in [0.15, 0.2) is 27.7 Å². The molecular formula is C15H15N3O3S. The summed E-state index contributed by atoms with van der Waals surface area (Å²) in [7, 11) is 1.84. The number of thiophene rings is 1. The first-order valence-corrected chi connectivity index (χ1v) is 7.80. The van der Waals surface area contributed by atoms with Gasteiger partial charge in [0.2, 0.25) is 0 Å². The molecule has 0 radical (unpaired) electrons. The van der Waals surface area contributed by atoms with Crippen molar-refractivity contribution in [2.45, 2.75) is 19.1 Å². The maximum atomic E-state index is 12.4. The van der Waals surface area contributed by atoms with Gasteiger partial charge >= 0.3 is 5.63 Å². The summed E-state index contributed by atoms with van der Waals surface area (Å²) in [4.78, 5) is 13.4. The third kappa shape index (κ3) is 1.86. The molecule has 3 aromatic heterocycles. The predicted molar refractivity (Wildman–Crippen MR) is 84.0 cm³/mol. The van der Waals surface area contributed by atoms with Gasteiger partial charge in [0, 0.05) is 27.6 Å². The van der Waals surface area contributed by atoms with E-state index in [1.54, 1.807) is 6.20 Å². The Labute approximate surface area is 130 Å². The summed E-state index contributed by atoms with van der Waals surface area (Å²) in [5.74, 6) is 0.676. The van der Waals surface area contributed by atoms with E-state index in [9.17, 15) is 4.79 Å². The first kappa shape index (κ1) is 13.7. The number of hydrogen-bond acceptors (Lipinski definition) is 6. The van der Waals surface area contributed by atoms with Crippen molar-refractivity contribution in [1.82, 2.24) is 15.5 Å². The molecule has 0 aromatic carbocycles. The molecule has 114 valence electrons. The number of H-pyrrole nitrogens is 1. The lowest BCUT2D eigenvalue weighted by Gasteiger charge is -2.33. The van der Waals surface area contributed by atoms with Crippen LogP contribution >= 0.6 is 11.3 Å². The molecule has 0 saturated carbocycles. The number of nitrogens with one attached hydrogen (secondary N) is 2. The lowest BCUT2D eigenvalue weighted by atomic mass is 9.92. The van der Waals surface area contributed by atoms with E-state index in [0.29, 0.717) is 23.7 Å². The molecule has 0 amide bonds. The van der Waals surface area contributed by atoms with Crippen LogP contribution in [0.5, 0.6) is 0 Å². The molecule has 22 heavy (non-hydrogen) atoms. The van der Waals surface area contributed by atoms with Gasteiger partial charge in [-0.1, -0.05) is 0 Å². The predicted octanol–water partition coefficient (Wildman–Crippen LogP) is 2.21. The molecule has 0 saturated heterocycles. The van der Waals surface area contributed by atoms with Gasteiger partial charge in [-0.2, -0.15) is 5.10 Å². The molecule has 1 aliphatic rings. The topological polar surface area (TPSA) is 80.2 Å². The fraction of sp³-hybridized carbons (Fsp3) is 0.333. The van der Waals surface area contributed by atoms with Crippen LogP contribution in [0.4, 0.5) is 0 Å². The number of rotatable bonds is 2. The number of hydrogen-bond donors (Lipinski definition) is 2. The molecule has 1 unspecified atom stereocenters. The number of aromatic nitrogens is 2. The number of likely N-dealkylation sites (N-methyl/N-ethyl adjacent to an activating group) is 1. The minimum absolute atomic E-state index is 0.295. The Morgan fingerprint density at radius 3 is 3.09 bits per heavy atom. The molecule has 4 heterocycles. The normalized spacial score (nSPS) is 21.2. The second-order valence-electron chi connectivity index (χ2n) is 5.61. The highest BCUT2D eigenvalue weighted by Gasteiger charge is 2.36. The van der Waals surface area contributed by atoms with Crippen molar-refractivity contribution >= 4 is 21.4 Å². The Morgan fingerprint density at radius 2 is 2.36 bits per heavy atom. The van der Waals surface area contributed by atoms with Crippen molar-refractivity contribution in [2.75, 3.05) is 13.7 Å². The Morgan fingerprint density at radius 1 is 1.50 bits per heavy atom. The second-order valence-corrected chi connectivity index (χ2v) is 6.66. The fourth-order valence-electron chi connectivity index (χ4n) is 2.82.